The normalized spacial score (nSPS) is 19.1. The third-order valence-corrected chi connectivity index (χ3v) is 8.72. The van der Waals surface area contributed by atoms with Crippen molar-refractivity contribution < 1.29 is 33.7 Å². The molecule has 3 aromatic rings. The number of hydrogen-bond acceptors (Lipinski definition) is 9. The van der Waals surface area contributed by atoms with E-state index < -0.39 is 17.7 Å². The van der Waals surface area contributed by atoms with Crippen LogP contribution in [0.4, 0.5) is 5.13 Å². The number of carbonyl (C=O) groups is 3. The smallest absolute Gasteiger partial charge is 0.301 e. The van der Waals surface area contributed by atoms with Gasteiger partial charge in [0.15, 0.2) is 22.4 Å². The second-order valence-corrected chi connectivity index (χ2v) is 12.2. The number of carbonyl (C=O) groups excluding carboxylic acids is 3. The van der Waals surface area contributed by atoms with Gasteiger partial charge in [0.1, 0.15) is 17.6 Å². The molecule has 1 saturated heterocycles. The first-order valence-corrected chi connectivity index (χ1v) is 15.3. The fourth-order valence-electron chi connectivity index (χ4n) is 5.37. The number of fused-ring (bicyclic) bond motifs is 1. The first-order valence-electron chi connectivity index (χ1n) is 14.5. The molecular formula is C33H36N2O7S. The lowest BCUT2D eigenvalue weighted by molar-refractivity contribution is -0.132. The third kappa shape index (κ3) is 5.88. The zero-order valence-electron chi connectivity index (χ0n) is 25.2. The molecule has 2 aliphatic heterocycles. The molecule has 1 aromatic heterocycles. The number of benzene rings is 2. The van der Waals surface area contributed by atoms with E-state index in [1.54, 1.807) is 43.3 Å². The molecule has 2 unspecified atom stereocenters. The first kappa shape index (κ1) is 30.3. The maximum Gasteiger partial charge on any atom is 0.301 e. The molecule has 2 aromatic carbocycles. The molecule has 9 nitrogen and oxygen atoms in total. The maximum atomic E-state index is 13.7. The van der Waals surface area contributed by atoms with Crippen molar-refractivity contribution in [1.29, 1.82) is 0 Å². The summed E-state index contributed by atoms with van der Waals surface area (Å²) in [4.78, 5) is 45.8. The number of ether oxygens (including phenoxy) is 3. The Hall–Kier alpha value is -4.18. The van der Waals surface area contributed by atoms with Crippen LogP contribution in [0.1, 0.15) is 79.1 Å². The summed E-state index contributed by atoms with van der Waals surface area (Å²) in [5.41, 5.74) is 2.22. The Labute approximate surface area is 255 Å². The van der Waals surface area contributed by atoms with Crippen LogP contribution in [-0.4, -0.2) is 46.9 Å². The number of nitrogens with zero attached hydrogens (tertiary/aromatic N) is 2. The minimum Gasteiger partial charge on any atom is -0.507 e. The van der Waals surface area contributed by atoms with E-state index in [0.717, 1.165) is 29.1 Å². The highest BCUT2D eigenvalue weighted by Gasteiger charge is 2.48. The molecule has 0 spiro atoms. The van der Waals surface area contributed by atoms with Crippen molar-refractivity contribution in [1.82, 2.24) is 4.98 Å². The average molecular weight is 605 g/mol. The maximum absolute atomic E-state index is 13.7. The number of aliphatic hydroxyl groups excluding tert-OH is 1. The Kier molecular flexibility index (Phi) is 8.59. The van der Waals surface area contributed by atoms with Gasteiger partial charge in [-0.15, -0.1) is 0 Å². The Morgan fingerprint density at radius 1 is 1.16 bits per heavy atom. The molecule has 1 N–H and O–H groups in total. The van der Waals surface area contributed by atoms with E-state index in [1.807, 2.05) is 13.8 Å². The highest BCUT2D eigenvalue weighted by molar-refractivity contribution is 7.18. The molecule has 2 atom stereocenters. The summed E-state index contributed by atoms with van der Waals surface area (Å²) in [6.07, 6.45) is 1.52. The van der Waals surface area contributed by atoms with Crippen LogP contribution in [0, 0.1) is 12.8 Å². The van der Waals surface area contributed by atoms with Crippen molar-refractivity contribution in [3.05, 3.63) is 69.2 Å². The monoisotopic (exact) mass is 604 g/mol. The number of hydrogen-bond donors (Lipinski definition) is 1. The number of aliphatic hydroxyl groups is 1. The van der Waals surface area contributed by atoms with E-state index in [9.17, 15) is 19.5 Å². The molecule has 3 heterocycles. The van der Waals surface area contributed by atoms with E-state index in [-0.39, 0.29) is 28.4 Å². The van der Waals surface area contributed by atoms with Gasteiger partial charge in [-0.25, -0.2) is 4.98 Å². The fraction of sp³-hybridized carbons (Fsp3) is 0.394. The van der Waals surface area contributed by atoms with Gasteiger partial charge in [-0.1, -0.05) is 31.3 Å². The van der Waals surface area contributed by atoms with E-state index >= 15 is 0 Å². The summed E-state index contributed by atoms with van der Waals surface area (Å²) in [6, 6.07) is 9.44. The van der Waals surface area contributed by atoms with Crippen molar-refractivity contribution >= 4 is 39.7 Å². The van der Waals surface area contributed by atoms with Gasteiger partial charge in [-0.05, 0) is 74.6 Å². The molecule has 43 heavy (non-hydrogen) atoms. The number of Topliss-reactive ketones (excluding diaryl/α,β-unsaturated/α-hetero) is 2. The van der Waals surface area contributed by atoms with Crippen LogP contribution in [0.3, 0.4) is 0 Å². The van der Waals surface area contributed by atoms with Crippen LogP contribution in [0.5, 0.6) is 17.2 Å². The van der Waals surface area contributed by atoms with Crippen molar-refractivity contribution in [3.63, 3.8) is 0 Å². The topological polar surface area (TPSA) is 115 Å². The van der Waals surface area contributed by atoms with E-state index in [4.69, 9.17) is 14.2 Å². The fourth-order valence-corrected chi connectivity index (χ4v) is 6.36. The summed E-state index contributed by atoms with van der Waals surface area (Å²) in [7, 11) is 0. The van der Waals surface area contributed by atoms with Gasteiger partial charge in [0.2, 0.25) is 0 Å². The second kappa shape index (κ2) is 12.2. The number of aromatic nitrogens is 1. The highest BCUT2D eigenvalue weighted by Crippen LogP contribution is 2.46. The van der Waals surface area contributed by atoms with Crippen LogP contribution < -0.4 is 19.1 Å². The zero-order valence-corrected chi connectivity index (χ0v) is 26.0. The van der Waals surface area contributed by atoms with E-state index in [2.05, 4.69) is 18.8 Å². The predicted molar refractivity (Wildman–Crippen MR) is 164 cm³/mol. The molecule has 226 valence electrons. The van der Waals surface area contributed by atoms with Gasteiger partial charge in [-0.2, -0.15) is 0 Å². The third-order valence-electron chi connectivity index (χ3n) is 7.46. The van der Waals surface area contributed by atoms with Crippen LogP contribution in [-0.2, 0) is 16.0 Å². The van der Waals surface area contributed by atoms with Crippen LogP contribution >= 0.6 is 11.3 Å². The lowest BCUT2D eigenvalue weighted by Crippen LogP contribution is -2.29. The Morgan fingerprint density at radius 2 is 1.93 bits per heavy atom. The standard InChI is InChI=1S/C33H36N2O7S/c1-7-40-26-16-21(8-11-25(26)41-13-12-17(2)3)28-27(29(37)22-9-10-24-23(15-22)14-18(4)42-24)30(38)32(39)35(28)33-34-19(5)31(43-33)20(6)36/h8-11,15-18,28,37H,7,12-14H2,1-6H3/b29-27+. The molecular weight excluding hydrogens is 568 g/mol. The number of aryl methyl sites for hydroxylation is 1. The quantitative estimate of drug-likeness (QED) is 0.122. The second-order valence-electron chi connectivity index (χ2n) is 11.3. The first-order chi connectivity index (χ1) is 20.5. The minimum absolute atomic E-state index is 0.000140. The van der Waals surface area contributed by atoms with Crippen molar-refractivity contribution in [2.45, 2.75) is 66.5 Å². The molecule has 2 aliphatic rings. The lowest BCUT2D eigenvalue weighted by Gasteiger charge is -2.24. The van der Waals surface area contributed by atoms with Crippen LogP contribution in [0.25, 0.3) is 5.76 Å². The van der Waals surface area contributed by atoms with Crippen LogP contribution in [0.15, 0.2) is 42.0 Å². The largest absolute Gasteiger partial charge is 0.507 e. The molecule has 1 fully saturated rings. The summed E-state index contributed by atoms with van der Waals surface area (Å²) >= 11 is 1.04. The minimum atomic E-state index is -1.03. The molecule has 0 radical (unpaired) electrons. The number of anilines is 1. The lowest BCUT2D eigenvalue weighted by atomic mass is 9.94. The highest BCUT2D eigenvalue weighted by atomic mass is 32.1. The van der Waals surface area contributed by atoms with E-state index in [0.29, 0.717) is 58.7 Å². The summed E-state index contributed by atoms with van der Waals surface area (Å²) in [5.74, 6) is 0.00568. The number of amides is 1. The van der Waals surface area contributed by atoms with Crippen molar-refractivity contribution in [2.75, 3.05) is 18.1 Å². The van der Waals surface area contributed by atoms with Gasteiger partial charge in [0.25, 0.3) is 5.78 Å². The number of thiazole rings is 1. The average Bonchev–Trinajstić information content (AvgIpc) is 3.60. The van der Waals surface area contributed by atoms with Gasteiger partial charge in [0.05, 0.1) is 35.4 Å². The number of ketones is 2. The molecule has 5 rings (SSSR count). The molecule has 10 heteroatoms. The van der Waals surface area contributed by atoms with E-state index in [1.165, 1.54) is 11.8 Å². The molecule has 0 saturated carbocycles. The molecule has 0 aliphatic carbocycles. The Morgan fingerprint density at radius 3 is 2.60 bits per heavy atom. The molecule has 1 amide bonds. The van der Waals surface area contributed by atoms with Crippen molar-refractivity contribution in [2.24, 2.45) is 5.92 Å². The summed E-state index contributed by atoms with van der Waals surface area (Å²) in [5, 5.41) is 11.9. The van der Waals surface area contributed by atoms with Crippen molar-refractivity contribution in [3.8, 4) is 17.2 Å². The summed E-state index contributed by atoms with van der Waals surface area (Å²) < 4.78 is 17.7. The Balaban J connectivity index is 1.66. The zero-order chi connectivity index (χ0) is 31.0. The van der Waals surface area contributed by atoms with Gasteiger partial charge >= 0.3 is 5.91 Å². The predicted octanol–water partition coefficient (Wildman–Crippen LogP) is 6.43. The van der Waals surface area contributed by atoms with Gasteiger partial charge < -0.3 is 19.3 Å². The number of rotatable bonds is 10. The molecule has 0 bridgehead atoms. The summed E-state index contributed by atoms with van der Waals surface area (Å²) in [6.45, 7) is 12.0. The van der Waals surface area contributed by atoms with Gasteiger partial charge in [-0.3, -0.25) is 19.3 Å². The SMILES string of the molecule is CCOc1cc(C2/C(=C(\O)c3ccc4c(c3)CC(C)O4)C(=O)C(=O)N2c2nc(C)c(C(C)=O)s2)ccc1OCCC(C)C. The Bertz CT molecular complexity index is 1620. The van der Waals surface area contributed by atoms with Crippen LogP contribution in [0.2, 0.25) is 0 Å². The van der Waals surface area contributed by atoms with Gasteiger partial charge in [0, 0.05) is 18.9 Å².